The first-order chi connectivity index (χ1) is 10.0. The van der Waals surface area contributed by atoms with Crippen molar-refractivity contribution in [3.8, 4) is 5.75 Å². The van der Waals surface area contributed by atoms with Gasteiger partial charge in [-0.15, -0.1) is 0 Å². The number of hydrogen-bond acceptors (Lipinski definition) is 6. The molecule has 0 saturated heterocycles. The normalized spacial score (nSPS) is 10.2. The predicted octanol–water partition coefficient (Wildman–Crippen LogP) is 2.93. The van der Waals surface area contributed by atoms with Gasteiger partial charge in [0.25, 0.3) is 0 Å². The first-order valence-corrected chi connectivity index (χ1v) is 6.79. The van der Waals surface area contributed by atoms with E-state index >= 15 is 0 Å². The van der Waals surface area contributed by atoms with Crippen LogP contribution in [0.5, 0.6) is 5.75 Å². The number of nitrogens with one attached hydrogen (secondary N) is 1. The van der Waals surface area contributed by atoms with Crippen LogP contribution < -0.4 is 16.0 Å². The van der Waals surface area contributed by atoms with E-state index in [1.54, 1.807) is 31.3 Å². The van der Waals surface area contributed by atoms with Crippen LogP contribution in [0.3, 0.4) is 0 Å². The fraction of sp³-hybridized carbons (Fsp3) is 0.154. The monoisotopic (exact) mass is 352 g/mol. The summed E-state index contributed by atoms with van der Waals surface area (Å²) < 4.78 is 6.23. The van der Waals surface area contributed by atoms with Crippen molar-refractivity contribution in [2.45, 2.75) is 13.5 Å². The Morgan fingerprint density at radius 3 is 2.81 bits per heavy atom. The molecule has 1 aromatic heterocycles. The van der Waals surface area contributed by atoms with Gasteiger partial charge in [-0.2, -0.15) is 0 Å². The van der Waals surface area contributed by atoms with Crippen LogP contribution in [0, 0.1) is 17.0 Å². The molecule has 21 heavy (non-hydrogen) atoms. The fourth-order valence-corrected chi connectivity index (χ4v) is 2.35. The lowest BCUT2D eigenvalue weighted by atomic mass is 10.2. The zero-order valence-electron chi connectivity index (χ0n) is 11.2. The highest BCUT2D eigenvalue weighted by atomic mass is 79.9. The van der Waals surface area contributed by atoms with Gasteiger partial charge in [-0.25, -0.2) is 10.8 Å². The van der Waals surface area contributed by atoms with Crippen LogP contribution in [0.1, 0.15) is 11.1 Å². The fourth-order valence-electron chi connectivity index (χ4n) is 1.79. The predicted molar refractivity (Wildman–Crippen MR) is 81.9 cm³/mol. The third-order valence-corrected chi connectivity index (χ3v) is 3.23. The van der Waals surface area contributed by atoms with E-state index in [0.717, 1.165) is 5.56 Å². The van der Waals surface area contributed by atoms with Crippen molar-refractivity contribution < 1.29 is 9.66 Å². The number of nitro benzene ring substituents is 1. The number of benzene rings is 1. The molecule has 0 saturated carbocycles. The van der Waals surface area contributed by atoms with E-state index in [0.29, 0.717) is 15.9 Å². The molecule has 3 N–H and O–H groups in total. The number of nitro groups is 1. The van der Waals surface area contributed by atoms with Crippen molar-refractivity contribution in [2.75, 3.05) is 5.43 Å². The number of hydrazine groups is 1. The maximum atomic E-state index is 11.1. The van der Waals surface area contributed by atoms with Crippen molar-refractivity contribution in [1.82, 2.24) is 4.98 Å². The van der Waals surface area contributed by atoms with Gasteiger partial charge in [0.15, 0.2) is 5.75 Å². The summed E-state index contributed by atoms with van der Waals surface area (Å²) in [5, 5.41) is 11.1. The molecular weight excluding hydrogens is 340 g/mol. The molecule has 0 unspecified atom stereocenters. The smallest absolute Gasteiger partial charge is 0.312 e. The second kappa shape index (κ2) is 6.51. The van der Waals surface area contributed by atoms with E-state index in [1.165, 1.54) is 6.07 Å². The Labute approximate surface area is 129 Å². The van der Waals surface area contributed by atoms with E-state index in [2.05, 4.69) is 26.3 Å². The Kier molecular flexibility index (Phi) is 4.71. The number of nitrogens with zero attached hydrogens (tertiary/aromatic N) is 2. The molecule has 0 bridgehead atoms. The topological polar surface area (TPSA) is 103 Å². The number of rotatable bonds is 5. The lowest BCUT2D eigenvalue weighted by molar-refractivity contribution is -0.386. The number of ether oxygens (including phenoxy) is 1. The maximum Gasteiger partial charge on any atom is 0.312 e. The first kappa shape index (κ1) is 15.2. The number of halogens is 1. The highest BCUT2D eigenvalue weighted by Gasteiger charge is 2.19. The summed E-state index contributed by atoms with van der Waals surface area (Å²) in [5.41, 5.74) is 3.81. The lowest BCUT2D eigenvalue weighted by Gasteiger charge is -2.10. The molecule has 2 rings (SSSR count). The summed E-state index contributed by atoms with van der Waals surface area (Å²) in [6.07, 6.45) is 1.59. The number of aryl methyl sites for hydroxylation is 1. The Bertz CT molecular complexity index is 661. The van der Waals surface area contributed by atoms with Crippen molar-refractivity contribution in [3.63, 3.8) is 0 Å². The minimum Gasteiger partial charge on any atom is -0.482 e. The minimum atomic E-state index is -0.465. The molecule has 1 aromatic carbocycles. The van der Waals surface area contributed by atoms with Gasteiger partial charge in [0.2, 0.25) is 0 Å². The molecule has 2 aromatic rings. The number of anilines is 1. The van der Waals surface area contributed by atoms with Gasteiger partial charge in [-0.05, 0) is 24.6 Å². The van der Waals surface area contributed by atoms with Gasteiger partial charge in [0.05, 0.1) is 4.92 Å². The second-order valence-electron chi connectivity index (χ2n) is 4.31. The molecule has 0 fully saturated rings. The molecule has 8 heteroatoms. The van der Waals surface area contributed by atoms with E-state index in [9.17, 15) is 10.1 Å². The first-order valence-electron chi connectivity index (χ1n) is 6.00. The molecule has 7 nitrogen and oxygen atoms in total. The van der Waals surface area contributed by atoms with E-state index in [-0.39, 0.29) is 18.0 Å². The van der Waals surface area contributed by atoms with Gasteiger partial charge in [-0.1, -0.05) is 22.0 Å². The molecule has 0 amide bonds. The quantitative estimate of drug-likeness (QED) is 0.487. The minimum absolute atomic E-state index is 0.0740. The van der Waals surface area contributed by atoms with Crippen LogP contribution in [-0.2, 0) is 6.61 Å². The van der Waals surface area contributed by atoms with Crippen LogP contribution in [-0.4, -0.2) is 9.91 Å². The van der Waals surface area contributed by atoms with Crippen LogP contribution in [0.25, 0.3) is 0 Å². The molecule has 0 aliphatic heterocycles. The number of nitrogens with two attached hydrogens (primary N) is 1. The molecule has 0 aliphatic carbocycles. The van der Waals surface area contributed by atoms with Crippen LogP contribution in [0.15, 0.2) is 34.9 Å². The Balaban J connectivity index is 2.20. The molecule has 0 radical (unpaired) electrons. The summed E-state index contributed by atoms with van der Waals surface area (Å²) >= 11 is 3.24. The number of aromatic nitrogens is 1. The summed E-state index contributed by atoms with van der Waals surface area (Å²) in [6, 6.07) is 6.66. The number of nitrogen functional groups attached to an aromatic ring is 1. The lowest BCUT2D eigenvalue weighted by Crippen LogP contribution is -2.08. The van der Waals surface area contributed by atoms with Crippen LogP contribution >= 0.6 is 15.9 Å². The van der Waals surface area contributed by atoms with Crippen LogP contribution in [0.2, 0.25) is 0 Å². The highest BCUT2D eigenvalue weighted by molar-refractivity contribution is 9.10. The van der Waals surface area contributed by atoms with Gasteiger partial charge in [0.1, 0.15) is 12.4 Å². The van der Waals surface area contributed by atoms with Gasteiger partial charge in [0, 0.05) is 22.3 Å². The molecule has 1 heterocycles. The van der Waals surface area contributed by atoms with Crippen molar-refractivity contribution in [1.29, 1.82) is 0 Å². The van der Waals surface area contributed by atoms with Gasteiger partial charge >= 0.3 is 5.69 Å². The van der Waals surface area contributed by atoms with Crippen molar-refractivity contribution in [2.24, 2.45) is 5.84 Å². The van der Waals surface area contributed by atoms with Crippen molar-refractivity contribution in [3.05, 3.63) is 56.2 Å². The third kappa shape index (κ3) is 3.67. The van der Waals surface area contributed by atoms with Crippen LogP contribution in [0.4, 0.5) is 11.5 Å². The van der Waals surface area contributed by atoms with Crippen molar-refractivity contribution >= 4 is 27.4 Å². The largest absolute Gasteiger partial charge is 0.482 e. The highest BCUT2D eigenvalue weighted by Crippen LogP contribution is 2.34. The Hall–Kier alpha value is -2.19. The SMILES string of the molecule is Cc1cc(Br)cc([N+](=O)[O-])c1OCc1ccc(NN)nc1. The summed E-state index contributed by atoms with van der Waals surface area (Å²) in [6.45, 7) is 1.94. The third-order valence-electron chi connectivity index (χ3n) is 2.77. The summed E-state index contributed by atoms with van der Waals surface area (Å²) in [4.78, 5) is 14.7. The maximum absolute atomic E-state index is 11.1. The zero-order chi connectivity index (χ0) is 15.4. The molecule has 0 aliphatic rings. The van der Waals surface area contributed by atoms with E-state index in [1.807, 2.05) is 0 Å². The summed E-state index contributed by atoms with van der Waals surface area (Å²) in [7, 11) is 0. The molecule has 110 valence electrons. The number of pyridine rings is 1. The zero-order valence-corrected chi connectivity index (χ0v) is 12.8. The molecular formula is C13H13BrN4O3. The summed E-state index contributed by atoms with van der Waals surface area (Å²) in [5.74, 6) is 6.01. The Morgan fingerprint density at radius 1 is 1.48 bits per heavy atom. The van der Waals surface area contributed by atoms with Gasteiger partial charge in [-0.3, -0.25) is 10.1 Å². The Morgan fingerprint density at radius 2 is 2.24 bits per heavy atom. The number of hydrogen-bond donors (Lipinski definition) is 2. The van der Waals surface area contributed by atoms with Gasteiger partial charge < -0.3 is 10.2 Å². The standard InChI is InChI=1S/C13H13BrN4O3/c1-8-4-10(14)5-11(18(19)20)13(8)21-7-9-2-3-12(17-15)16-6-9/h2-6H,7,15H2,1H3,(H,16,17). The molecule has 0 atom stereocenters. The van der Waals surface area contributed by atoms with E-state index in [4.69, 9.17) is 10.6 Å². The average molecular weight is 353 g/mol. The van der Waals surface area contributed by atoms with E-state index < -0.39 is 4.92 Å². The average Bonchev–Trinajstić information content (AvgIpc) is 2.46. The molecule has 0 spiro atoms. The second-order valence-corrected chi connectivity index (χ2v) is 5.23.